The summed E-state index contributed by atoms with van der Waals surface area (Å²) in [6.07, 6.45) is 6.08. The molecule has 4 saturated heterocycles. The molecule has 0 spiro atoms. The quantitative estimate of drug-likeness (QED) is 0.295. The number of hydrogen-bond acceptors (Lipinski definition) is 11. The van der Waals surface area contributed by atoms with Gasteiger partial charge in [-0.05, 0) is 67.4 Å². The summed E-state index contributed by atoms with van der Waals surface area (Å²) in [5, 5.41) is 18.7. The number of aliphatic hydroxyl groups is 1. The number of sulfonamides is 1. The molecule has 9 rings (SSSR count). The molecule has 3 N–H and O–H groups in total. The van der Waals surface area contributed by atoms with Crippen LogP contribution in [0, 0.1) is 17.2 Å². The van der Waals surface area contributed by atoms with Crippen LogP contribution in [-0.4, -0.2) is 109 Å². The first-order valence-electron chi connectivity index (χ1n) is 17.2. The fourth-order valence-corrected chi connectivity index (χ4v) is 10.1. The van der Waals surface area contributed by atoms with Gasteiger partial charge in [-0.1, -0.05) is 36.9 Å². The first-order valence-corrected chi connectivity index (χ1v) is 19.5. The number of amidine groups is 1. The minimum absolute atomic E-state index is 0.114. The van der Waals surface area contributed by atoms with Gasteiger partial charge in [0.05, 0.1) is 41.6 Å². The van der Waals surface area contributed by atoms with Crippen molar-refractivity contribution in [3.63, 3.8) is 0 Å². The van der Waals surface area contributed by atoms with Gasteiger partial charge in [0.25, 0.3) is 0 Å². The average molecular weight is 719 g/mol. The molecular formula is C34H43FN4O8S2. The zero-order chi connectivity index (χ0) is 33.9. The van der Waals surface area contributed by atoms with Crippen LogP contribution in [0.3, 0.4) is 0 Å². The number of rotatable bonds is 12. The van der Waals surface area contributed by atoms with E-state index >= 15 is 0 Å². The van der Waals surface area contributed by atoms with Crippen LogP contribution < -0.4 is 10.6 Å². The lowest BCUT2D eigenvalue weighted by Gasteiger charge is -2.33. The summed E-state index contributed by atoms with van der Waals surface area (Å²) in [5.74, 6) is -0.628. The molecule has 9 atom stereocenters. The second kappa shape index (κ2) is 13.2. The number of amides is 1. The van der Waals surface area contributed by atoms with Crippen LogP contribution in [0.4, 0.5) is 9.18 Å². The van der Waals surface area contributed by atoms with E-state index in [0.29, 0.717) is 31.2 Å². The Hall–Kier alpha value is -2.53. The first-order chi connectivity index (χ1) is 23.5. The molecule has 5 aliphatic heterocycles. The smallest absolute Gasteiger partial charge is 0.407 e. The number of nitrogens with zero attached hydrogens (tertiary/aromatic N) is 2. The van der Waals surface area contributed by atoms with E-state index < -0.39 is 46.5 Å². The molecule has 8 aliphatic rings. The number of thioether (sulfide) groups is 1. The molecule has 1 aromatic rings. The Balaban J connectivity index is 0.998. The van der Waals surface area contributed by atoms with E-state index in [1.807, 2.05) is 13.0 Å². The summed E-state index contributed by atoms with van der Waals surface area (Å²) < 4.78 is 67.3. The van der Waals surface area contributed by atoms with Gasteiger partial charge in [-0.25, -0.2) is 17.6 Å². The third kappa shape index (κ3) is 7.44. The summed E-state index contributed by atoms with van der Waals surface area (Å²) in [6, 6.07) is 5.13. The molecule has 49 heavy (non-hydrogen) atoms. The number of carbonyl (C=O) groups excluding carboxylic acids is 1. The number of halogens is 1. The molecular weight excluding hydrogens is 676 g/mol. The van der Waals surface area contributed by atoms with Gasteiger partial charge in [0.2, 0.25) is 10.0 Å². The van der Waals surface area contributed by atoms with Gasteiger partial charge in [0, 0.05) is 31.5 Å². The van der Waals surface area contributed by atoms with Crippen molar-refractivity contribution in [3.8, 4) is 0 Å². The molecule has 15 heteroatoms. The first kappa shape index (κ1) is 33.6. The van der Waals surface area contributed by atoms with Crippen molar-refractivity contribution >= 4 is 33.0 Å². The highest BCUT2D eigenvalue weighted by molar-refractivity contribution is 8.14. The van der Waals surface area contributed by atoms with Crippen molar-refractivity contribution in [2.45, 2.75) is 99.5 Å². The van der Waals surface area contributed by atoms with E-state index in [1.54, 1.807) is 24.3 Å². The number of aliphatic hydroxyl groups excluding tert-OH is 1. The number of nitrogens with one attached hydrogen (secondary N) is 2. The summed E-state index contributed by atoms with van der Waals surface area (Å²) in [6.45, 7) is 2.71. The standard InChI is InChI=1S/C34H43FN4O8S2/c1-34(10-11-34)18-39(49(42,43)23-8-9-24-29(13-23)48-32(37-24)36-22-6-7-22)15-26(40)25(12-19-2-4-21(35)5-3-19)38-33(41)47-30-20-16-44-28-14-27(30)46-31(28)45-17-20/h2-5,8-9,13,20,22,24-31,40H,6-7,10-12,14-18H2,1H3,(H,36,37)(H,38,41)/t20?,24?,25-,26+,27?,28?,29?,30?,31?/m0/s1. The summed E-state index contributed by atoms with van der Waals surface area (Å²) in [5.41, 5.74) is 0.450. The summed E-state index contributed by atoms with van der Waals surface area (Å²) in [4.78, 5) is 18.4. The Morgan fingerprint density at radius 1 is 1.20 bits per heavy atom. The van der Waals surface area contributed by atoms with E-state index in [9.17, 15) is 22.7 Å². The molecule has 0 radical (unpaired) electrons. The highest BCUT2D eigenvalue weighted by Crippen LogP contribution is 2.46. The Labute approximate surface area is 289 Å². The Morgan fingerprint density at radius 2 is 1.98 bits per heavy atom. The molecule has 12 nitrogen and oxygen atoms in total. The fourth-order valence-electron chi connectivity index (χ4n) is 7.12. The van der Waals surface area contributed by atoms with Crippen molar-refractivity contribution in [1.82, 2.24) is 14.9 Å². The van der Waals surface area contributed by atoms with Crippen LogP contribution in [0.15, 0.2) is 52.4 Å². The third-order valence-electron chi connectivity index (χ3n) is 10.5. The SMILES string of the molecule is CC1(CN(C[C@@H](O)[C@H](Cc2ccc(F)cc2)NC(=O)OC2C3COC4CC2OC4OC3)S(=O)(=O)C2=CC3SC(NC4CC4)=NC3C=C2)CC1. The molecule has 7 unspecified atom stereocenters. The maximum atomic E-state index is 14.3. The molecule has 1 amide bonds. The van der Waals surface area contributed by atoms with Gasteiger partial charge >= 0.3 is 6.09 Å². The van der Waals surface area contributed by atoms with Crippen LogP contribution in [0.2, 0.25) is 0 Å². The predicted octanol–water partition coefficient (Wildman–Crippen LogP) is 2.83. The number of allylic oxidation sites excluding steroid dienone is 1. The largest absolute Gasteiger partial charge is 0.443 e. The molecule has 266 valence electrons. The second-order valence-corrected chi connectivity index (χ2v) is 17.8. The van der Waals surface area contributed by atoms with Gasteiger partial charge in [0.15, 0.2) is 11.5 Å². The highest BCUT2D eigenvalue weighted by atomic mass is 32.2. The lowest BCUT2D eigenvalue weighted by atomic mass is 9.97. The number of alkyl carbamates (subject to hydrolysis) is 1. The van der Waals surface area contributed by atoms with Crippen molar-refractivity contribution in [2.75, 3.05) is 26.3 Å². The lowest BCUT2D eigenvalue weighted by molar-refractivity contribution is -0.162. The lowest BCUT2D eigenvalue weighted by Crippen LogP contribution is -2.52. The maximum Gasteiger partial charge on any atom is 0.407 e. The maximum absolute atomic E-state index is 14.3. The molecule has 4 bridgehead atoms. The van der Waals surface area contributed by atoms with Gasteiger partial charge in [-0.2, -0.15) is 4.31 Å². The number of benzene rings is 1. The second-order valence-electron chi connectivity index (χ2n) is 14.7. The van der Waals surface area contributed by atoms with Crippen molar-refractivity contribution in [2.24, 2.45) is 16.3 Å². The van der Waals surface area contributed by atoms with Crippen LogP contribution in [0.25, 0.3) is 0 Å². The molecule has 5 heterocycles. The Kier molecular flexibility index (Phi) is 9.07. The zero-order valence-corrected chi connectivity index (χ0v) is 28.9. The van der Waals surface area contributed by atoms with Gasteiger partial charge in [-0.3, -0.25) is 4.99 Å². The minimum atomic E-state index is -4.03. The number of ether oxygens (including phenoxy) is 4. The van der Waals surface area contributed by atoms with Gasteiger partial charge in [-0.15, -0.1) is 0 Å². The van der Waals surface area contributed by atoms with Crippen LogP contribution >= 0.6 is 11.8 Å². The monoisotopic (exact) mass is 718 g/mol. The van der Waals surface area contributed by atoms with Crippen LogP contribution in [0.5, 0.6) is 0 Å². The normalized spacial score (nSPS) is 33.7. The van der Waals surface area contributed by atoms with Crippen molar-refractivity contribution < 1.29 is 41.7 Å². The van der Waals surface area contributed by atoms with E-state index in [2.05, 4.69) is 10.6 Å². The average Bonchev–Trinajstić information content (AvgIpc) is 3.98. The van der Waals surface area contributed by atoms with Crippen molar-refractivity contribution in [1.29, 1.82) is 0 Å². The zero-order valence-electron chi connectivity index (χ0n) is 27.3. The number of carbonyl (C=O) groups is 1. The Morgan fingerprint density at radius 3 is 2.73 bits per heavy atom. The van der Waals surface area contributed by atoms with Crippen LogP contribution in [0.1, 0.15) is 44.6 Å². The molecule has 0 aromatic heterocycles. The molecule has 6 fully saturated rings. The minimum Gasteiger partial charge on any atom is -0.443 e. The van der Waals surface area contributed by atoms with Crippen LogP contribution in [-0.2, 0) is 35.4 Å². The van der Waals surface area contributed by atoms with Gasteiger partial charge < -0.3 is 34.7 Å². The fraction of sp³-hybridized carbons (Fsp3) is 0.647. The molecule has 1 aromatic carbocycles. The summed E-state index contributed by atoms with van der Waals surface area (Å²) >= 11 is 1.54. The van der Waals surface area contributed by atoms with E-state index in [-0.39, 0.29) is 59.2 Å². The predicted molar refractivity (Wildman–Crippen MR) is 180 cm³/mol. The molecule has 2 saturated carbocycles. The number of aliphatic imine (C=N–C) groups is 1. The van der Waals surface area contributed by atoms with Crippen molar-refractivity contribution in [3.05, 3.63) is 58.8 Å². The molecule has 3 aliphatic carbocycles. The van der Waals surface area contributed by atoms with E-state index in [4.69, 9.17) is 23.9 Å². The summed E-state index contributed by atoms with van der Waals surface area (Å²) in [7, 11) is -4.03. The third-order valence-corrected chi connectivity index (χ3v) is 13.5. The van der Waals surface area contributed by atoms with E-state index in [0.717, 1.165) is 30.9 Å². The number of fused-ring (bicyclic) bond motifs is 3. The Bertz CT molecular complexity index is 1610. The number of hydrogen-bond donors (Lipinski definition) is 3. The highest BCUT2D eigenvalue weighted by Gasteiger charge is 2.52. The van der Waals surface area contributed by atoms with Gasteiger partial charge in [0.1, 0.15) is 24.1 Å². The van der Waals surface area contributed by atoms with E-state index in [1.165, 1.54) is 28.2 Å². The topological polar surface area (TPSA) is 148 Å².